The summed E-state index contributed by atoms with van der Waals surface area (Å²) in [7, 11) is 1.28. The van der Waals surface area contributed by atoms with E-state index in [4.69, 9.17) is 9.84 Å². The molecule has 1 unspecified atom stereocenters. The summed E-state index contributed by atoms with van der Waals surface area (Å²) in [5.74, 6) is -3.86. The van der Waals surface area contributed by atoms with E-state index in [0.717, 1.165) is 6.07 Å². The quantitative estimate of drug-likeness (QED) is 0.471. The number of halogens is 3. The van der Waals surface area contributed by atoms with Gasteiger partial charge in [-0.3, -0.25) is 19.0 Å². The number of aliphatic carboxylic acids is 1. The zero-order chi connectivity index (χ0) is 25.9. The van der Waals surface area contributed by atoms with Crippen LogP contribution in [0, 0.1) is 18.7 Å². The van der Waals surface area contributed by atoms with E-state index in [2.05, 4.69) is 10.1 Å². The number of amides is 1. The minimum Gasteiger partial charge on any atom is -0.494 e. The number of fused-ring (bicyclic) bond motifs is 1. The smallest absolute Gasteiger partial charge is 0.387 e. The normalized spacial score (nSPS) is 12.0. The summed E-state index contributed by atoms with van der Waals surface area (Å²) < 4.78 is 50.0. The number of carboxylic acid groups (broad SMARTS) is 1. The van der Waals surface area contributed by atoms with E-state index in [-0.39, 0.29) is 35.5 Å². The molecule has 0 saturated heterocycles. The Labute approximate surface area is 198 Å². The maximum absolute atomic E-state index is 14.6. The van der Waals surface area contributed by atoms with Crippen molar-refractivity contribution in [2.45, 2.75) is 26.9 Å². The van der Waals surface area contributed by atoms with Gasteiger partial charge in [-0.15, -0.1) is 0 Å². The van der Waals surface area contributed by atoms with Crippen LogP contribution >= 0.6 is 0 Å². The van der Waals surface area contributed by atoms with Crippen LogP contribution in [0.1, 0.15) is 28.5 Å². The largest absolute Gasteiger partial charge is 0.494 e. The number of nitrogens with one attached hydrogen (secondary N) is 1. The predicted octanol–water partition coefficient (Wildman–Crippen LogP) is 3.77. The number of ether oxygens (including phenoxy) is 2. The molecule has 0 radical (unpaired) electrons. The van der Waals surface area contributed by atoms with Crippen molar-refractivity contribution >= 4 is 28.7 Å². The Hall–Kier alpha value is -4.02. The number of methoxy groups -OCH3 is 1. The van der Waals surface area contributed by atoms with Gasteiger partial charge in [0.05, 0.1) is 25.0 Å². The standard InChI is InChI=1S/C24H23F3N2O6/c1-12(23(32)33)11-28-21(30)9-16-13(2)29(19-10-18(25)20(34-3)8-17(16)19)22(31)14-4-6-15(7-5-14)35-24(26)27/h4-8,10,12,24H,9,11H2,1-3H3,(H,28,30)(H,32,33). The molecule has 0 aliphatic rings. The average molecular weight is 492 g/mol. The van der Waals surface area contributed by atoms with Gasteiger partial charge in [0, 0.05) is 29.3 Å². The number of hydrogen-bond acceptors (Lipinski definition) is 5. The SMILES string of the molecule is COc1cc2c(CC(=O)NCC(C)C(=O)O)c(C)n(C(=O)c3ccc(OC(F)F)cc3)c2cc1F. The summed E-state index contributed by atoms with van der Waals surface area (Å²) in [5, 5.41) is 11.9. The number of carboxylic acids is 1. The lowest BCUT2D eigenvalue weighted by Gasteiger charge is -2.10. The molecule has 1 amide bonds. The molecule has 0 aliphatic heterocycles. The van der Waals surface area contributed by atoms with Gasteiger partial charge in [0.25, 0.3) is 5.91 Å². The molecule has 0 fully saturated rings. The Balaban J connectivity index is 2.02. The molecule has 1 aromatic heterocycles. The molecule has 3 rings (SSSR count). The van der Waals surface area contributed by atoms with E-state index in [9.17, 15) is 27.6 Å². The van der Waals surface area contributed by atoms with Crippen LogP contribution in [0.3, 0.4) is 0 Å². The molecule has 8 nitrogen and oxygen atoms in total. The monoisotopic (exact) mass is 492 g/mol. The molecular weight excluding hydrogens is 469 g/mol. The first-order valence-corrected chi connectivity index (χ1v) is 10.5. The van der Waals surface area contributed by atoms with E-state index < -0.39 is 36.1 Å². The van der Waals surface area contributed by atoms with Gasteiger partial charge >= 0.3 is 12.6 Å². The number of carbonyl (C=O) groups is 3. The first kappa shape index (κ1) is 25.6. The van der Waals surface area contributed by atoms with Crippen LogP contribution < -0.4 is 14.8 Å². The molecule has 3 aromatic rings. The van der Waals surface area contributed by atoms with Crippen LogP contribution in [0.4, 0.5) is 13.2 Å². The van der Waals surface area contributed by atoms with Crippen LogP contribution in [-0.4, -0.2) is 47.7 Å². The highest BCUT2D eigenvalue weighted by Gasteiger charge is 2.24. The summed E-state index contributed by atoms with van der Waals surface area (Å²) >= 11 is 0. The third kappa shape index (κ3) is 5.56. The van der Waals surface area contributed by atoms with Crippen molar-refractivity contribution in [2.24, 2.45) is 5.92 Å². The number of benzene rings is 2. The molecule has 2 N–H and O–H groups in total. The number of aromatic nitrogens is 1. The Morgan fingerprint density at radius 3 is 2.37 bits per heavy atom. The Morgan fingerprint density at radius 1 is 1.14 bits per heavy atom. The maximum Gasteiger partial charge on any atom is 0.387 e. The molecule has 35 heavy (non-hydrogen) atoms. The van der Waals surface area contributed by atoms with Crippen molar-refractivity contribution in [1.29, 1.82) is 0 Å². The van der Waals surface area contributed by atoms with Crippen molar-refractivity contribution in [3.05, 3.63) is 59.0 Å². The highest BCUT2D eigenvalue weighted by atomic mass is 19.3. The number of nitrogens with zero attached hydrogens (tertiary/aromatic N) is 1. The lowest BCUT2D eigenvalue weighted by atomic mass is 10.1. The molecule has 2 aromatic carbocycles. The van der Waals surface area contributed by atoms with E-state index in [0.29, 0.717) is 16.6 Å². The molecule has 0 spiro atoms. The summed E-state index contributed by atoms with van der Waals surface area (Å²) in [6, 6.07) is 7.50. The minimum absolute atomic E-state index is 0.0863. The average Bonchev–Trinajstić information content (AvgIpc) is 3.06. The van der Waals surface area contributed by atoms with Gasteiger partial charge in [-0.05, 0) is 42.8 Å². The molecule has 1 heterocycles. The zero-order valence-corrected chi connectivity index (χ0v) is 19.1. The second-order valence-electron chi connectivity index (χ2n) is 7.83. The molecule has 0 saturated carbocycles. The fourth-order valence-electron chi connectivity index (χ4n) is 3.61. The molecule has 1 atom stereocenters. The van der Waals surface area contributed by atoms with Gasteiger partial charge in [-0.25, -0.2) is 4.39 Å². The lowest BCUT2D eigenvalue weighted by molar-refractivity contribution is -0.141. The van der Waals surface area contributed by atoms with Gasteiger partial charge in [0.1, 0.15) is 5.75 Å². The topological polar surface area (TPSA) is 107 Å². The molecule has 0 aliphatic carbocycles. The highest BCUT2D eigenvalue weighted by molar-refractivity contribution is 6.05. The van der Waals surface area contributed by atoms with Crippen LogP contribution in [-0.2, 0) is 16.0 Å². The van der Waals surface area contributed by atoms with Crippen molar-refractivity contribution in [3.8, 4) is 11.5 Å². The molecule has 0 bridgehead atoms. The van der Waals surface area contributed by atoms with E-state index >= 15 is 0 Å². The van der Waals surface area contributed by atoms with Crippen molar-refractivity contribution in [3.63, 3.8) is 0 Å². The van der Waals surface area contributed by atoms with Crippen LogP contribution in [0.25, 0.3) is 10.9 Å². The first-order chi connectivity index (χ1) is 16.5. The van der Waals surface area contributed by atoms with Gasteiger partial charge in [-0.2, -0.15) is 8.78 Å². The van der Waals surface area contributed by atoms with Crippen molar-refractivity contribution in [2.75, 3.05) is 13.7 Å². The summed E-state index contributed by atoms with van der Waals surface area (Å²) in [5.41, 5.74) is 1.08. The van der Waals surface area contributed by atoms with E-state index in [1.54, 1.807) is 6.92 Å². The Bertz CT molecular complexity index is 1270. The number of carbonyl (C=O) groups excluding carboxylic acids is 2. The first-order valence-electron chi connectivity index (χ1n) is 10.5. The summed E-state index contributed by atoms with van der Waals surface area (Å²) in [4.78, 5) is 36.9. The maximum atomic E-state index is 14.6. The number of hydrogen-bond donors (Lipinski definition) is 2. The minimum atomic E-state index is -3.02. The lowest BCUT2D eigenvalue weighted by Crippen LogP contribution is -2.32. The number of alkyl halides is 2. The van der Waals surface area contributed by atoms with Crippen LogP contribution in [0.5, 0.6) is 11.5 Å². The molecular formula is C24H23F3N2O6. The molecule has 11 heteroatoms. The zero-order valence-electron chi connectivity index (χ0n) is 19.1. The fourth-order valence-corrected chi connectivity index (χ4v) is 3.61. The van der Waals surface area contributed by atoms with Crippen molar-refractivity contribution < 1.29 is 42.1 Å². The van der Waals surface area contributed by atoms with Gasteiger partial charge in [0.15, 0.2) is 11.6 Å². The Kier molecular flexibility index (Phi) is 7.68. The Morgan fingerprint density at radius 2 is 1.80 bits per heavy atom. The fraction of sp³-hybridized carbons (Fsp3) is 0.292. The second kappa shape index (κ2) is 10.5. The third-order valence-corrected chi connectivity index (χ3v) is 5.50. The van der Waals surface area contributed by atoms with Gasteiger partial charge in [-0.1, -0.05) is 6.92 Å². The number of rotatable bonds is 9. The molecule has 186 valence electrons. The predicted molar refractivity (Wildman–Crippen MR) is 120 cm³/mol. The van der Waals surface area contributed by atoms with E-state index in [1.165, 1.54) is 48.9 Å². The second-order valence-corrected chi connectivity index (χ2v) is 7.83. The van der Waals surface area contributed by atoms with Crippen LogP contribution in [0.2, 0.25) is 0 Å². The van der Waals surface area contributed by atoms with E-state index in [1.807, 2.05) is 0 Å². The van der Waals surface area contributed by atoms with Crippen molar-refractivity contribution in [1.82, 2.24) is 9.88 Å². The van der Waals surface area contributed by atoms with Gasteiger partial charge in [0.2, 0.25) is 5.91 Å². The third-order valence-electron chi connectivity index (χ3n) is 5.50. The summed E-state index contributed by atoms with van der Waals surface area (Å²) in [6.07, 6.45) is -0.203. The highest BCUT2D eigenvalue weighted by Crippen LogP contribution is 2.32. The van der Waals surface area contributed by atoms with Gasteiger partial charge < -0.3 is 19.9 Å². The summed E-state index contributed by atoms with van der Waals surface area (Å²) in [6.45, 7) is -0.0734. The van der Waals surface area contributed by atoms with Crippen LogP contribution in [0.15, 0.2) is 36.4 Å².